The van der Waals surface area contributed by atoms with Crippen molar-refractivity contribution < 1.29 is 18.9 Å². The van der Waals surface area contributed by atoms with Crippen LogP contribution >= 0.6 is 0 Å². The fourth-order valence-corrected chi connectivity index (χ4v) is 2.34. The summed E-state index contributed by atoms with van der Waals surface area (Å²) in [7, 11) is 4.82. The number of aromatic nitrogens is 2. The summed E-state index contributed by atoms with van der Waals surface area (Å²) in [5, 5.41) is 0. The van der Waals surface area contributed by atoms with E-state index < -0.39 is 0 Å². The molecular formula is C17H18N2O4. The molecule has 0 fully saturated rings. The third-order valence-corrected chi connectivity index (χ3v) is 3.47. The highest BCUT2D eigenvalue weighted by molar-refractivity contribution is 5.79. The van der Waals surface area contributed by atoms with Gasteiger partial charge in [0.1, 0.15) is 12.4 Å². The van der Waals surface area contributed by atoms with E-state index in [9.17, 15) is 0 Å². The number of nitrogens with one attached hydrogen (secondary N) is 1. The van der Waals surface area contributed by atoms with Crippen LogP contribution in [0.15, 0.2) is 36.4 Å². The van der Waals surface area contributed by atoms with E-state index in [2.05, 4.69) is 9.97 Å². The van der Waals surface area contributed by atoms with Crippen LogP contribution in [0.25, 0.3) is 11.0 Å². The van der Waals surface area contributed by atoms with Crippen LogP contribution in [0.3, 0.4) is 0 Å². The highest BCUT2D eigenvalue weighted by Crippen LogP contribution is 2.31. The largest absolute Gasteiger partial charge is 0.493 e. The number of nitrogens with zero attached hydrogens (tertiary/aromatic N) is 1. The summed E-state index contributed by atoms with van der Waals surface area (Å²) in [5.74, 6) is 3.36. The quantitative estimate of drug-likeness (QED) is 0.757. The second kappa shape index (κ2) is 6.48. The molecule has 6 heteroatoms. The van der Waals surface area contributed by atoms with Gasteiger partial charge in [-0.3, -0.25) is 0 Å². The van der Waals surface area contributed by atoms with Crippen LogP contribution in [0.5, 0.6) is 23.0 Å². The van der Waals surface area contributed by atoms with Gasteiger partial charge in [0.15, 0.2) is 23.0 Å². The summed E-state index contributed by atoms with van der Waals surface area (Å²) < 4.78 is 21.6. The minimum Gasteiger partial charge on any atom is -0.493 e. The molecule has 0 bridgehead atoms. The van der Waals surface area contributed by atoms with E-state index in [1.807, 2.05) is 36.4 Å². The Morgan fingerprint density at radius 1 is 0.870 bits per heavy atom. The van der Waals surface area contributed by atoms with Gasteiger partial charge in [-0.2, -0.15) is 0 Å². The number of aromatic amines is 1. The maximum Gasteiger partial charge on any atom is 0.163 e. The van der Waals surface area contributed by atoms with E-state index in [0.29, 0.717) is 35.4 Å². The molecule has 2 aromatic carbocycles. The molecule has 1 aromatic heterocycles. The van der Waals surface area contributed by atoms with E-state index in [0.717, 1.165) is 11.0 Å². The highest BCUT2D eigenvalue weighted by atomic mass is 16.5. The number of hydrogen-bond donors (Lipinski definition) is 1. The number of imidazole rings is 1. The van der Waals surface area contributed by atoms with Crippen molar-refractivity contribution in [2.75, 3.05) is 21.3 Å². The Bertz CT molecular complexity index is 772. The molecule has 0 aliphatic carbocycles. The van der Waals surface area contributed by atoms with Crippen LogP contribution in [0.2, 0.25) is 0 Å². The van der Waals surface area contributed by atoms with E-state index in [1.165, 1.54) is 0 Å². The summed E-state index contributed by atoms with van der Waals surface area (Å²) in [6.45, 7) is 0.305. The lowest BCUT2D eigenvalue weighted by Gasteiger charge is -2.08. The summed E-state index contributed by atoms with van der Waals surface area (Å²) in [6.07, 6.45) is 0. The molecule has 23 heavy (non-hydrogen) atoms. The minimum absolute atomic E-state index is 0.305. The molecule has 0 aliphatic rings. The van der Waals surface area contributed by atoms with Crippen LogP contribution in [0.1, 0.15) is 5.82 Å². The SMILES string of the molecule is COc1cc2nc(COc3ccccc3OC)[nH]c2cc1OC. The van der Waals surface area contributed by atoms with Crippen molar-refractivity contribution in [3.8, 4) is 23.0 Å². The van der Waals surface area contributed by atoms with Gasteiger partial charge in [0, 0.05) is 12.1 Å². The van der Waals surface area contributed by atoms with Gasteiger partial charge in [0.2, 0.25) is 0 Å². The first kappa shape index (κ1) is 15.0. The number of ether oxygens (including phenoxy) is 4. The lowest BCUT2D eigenvalue weighted by atomic mass is 10.3. The molecule has 6 nitrogen and oxygen atoms in total. The van der Waals surface area contributed by atoms with Gasteiger partial charge in [-0.25, -0.2) is 4.98 Å². The third-order valence-electron chi connectivity index (χ3n) is 3.47. The van der Waals surface area contributed by atoms with Gasteiger partial charge in [-0.1, -0.05) is 12.1 Å². The van der Waals surface area contributed by atoms with Gasteiger partial charge < -0.3 is 23.9 Å². The minimum atomic E-state index is 0.305. The molecule has 0 saturated carbocycles. The lowest BCUT2D eigenvalue weighted by Crippen LogP contribution is -1.99. The Hall–Kier alpha value is -2.89. The Morgan fingerprint density at radius 3 is 2.22 bits per heavy atom. The molecule has 3 rings (SSSR count). The Kier molecular flexibility index (Phi) is 4.23. The van der Waals surface area contributed by atoms with Crippen molar-refractivity contribution in [3.63, 3.8) is 0 Å². The van der Waals surface area contributed by atoms with Crippen LogP contribution in [-0.4, -0.2) is 31.3 Å². The first-order valence-electron chi connectivity index (χ1n) is 7.11. The number of benzene rings is 2. The highest BCUT2D eigenvalue weighted by Gasteiger charge is 2.11. The van der Waals surface area contributed by atoms with Gasteiger partial charge in [-0.15, -0.1) is 0 Å². The smallest absolute Gasteiger partial charge is 0.163 e. The van der Waals surface area contributed by atoms with Crippen molar-refractivity contribution in [1.29, 1.82) is 0 Å². The van der Waals surface area contributed by atoms with E-state index in [4.69, 9.17) is 18.9 Å². The zero-order chi connectivity index (χ0) is 16.2. The monoisotopic (exact) mass is 314 g/mol. The number of para-hydroxylation sites is 2. The molecule has 0 saturated heterocycles. The van der Waals surface area contributed by atoms with Gasteiger partial charge in [0.25, 0.3) is 0 Å². The van der Waals surface area contributed by atoms with E-state index in [1.54, 1.807) is 21.3 Å². The second-order valence-corrected chi connectivity index (χ2v) is 4.85. The second-order valence-electron chi connectivity index (χ2n) is 4.85. The van der Waals surface area contributed by atoms with Crippen molar-refractivity contribution in [2.45, 2.75) is 6.61 Å². The topological polar surface area (TPSA) is 65.6 Å². The zero-order valence-corrected chi connectivity index (χ0v) is 13.3. The molecule has 0 spiro atoms. The lowest BCUT2D eigenvalue weighted by molar-refractivity contribution is 0.277. The molecule has 1 N–H and O–H groups in total. The Labute approximate surface area is 134 Å². The molecule has 0 radical (unpaired) electrons. The number of H-pyrrole nitrogens is 1. The summed E-state index contributed by atoms with van der Waals surface area (Å²) >= 11 is 0. The molecule has 3 aromatic rings. The molecule has 0 unspecified atom stereocenters. The first-order chi connectivity index (χ1) is 11.2. The predicted octanol–water partition coefficient (Wildman–Crippen LogP) is 3.17. The average Bonchev–Trinajstić information content (AvgIpc) is 3.00. The molecule has 0 aliphatic heterocycles. The van der Waals surface area contributed by atoms with Gasteiger partial charge in [-0.05, 0) is 12.1 Å². The molecule has 0 atom stereocenters. The molecule has 120 valence electrons. The number of hydrogen-bond acceptors (Lipinski definition) is 5. The molecule has 0 amide bonds. The van der Waals surface area contributed by atoms with Crippen molar-refractivity contribution >= 4 is 11.0 Å². The maximum absolute atomic E-state index is 5.78. The average molecular weight is 314 g/mol. The fourth-order valence-electron chi connectivity index (χ4n) is 2.34. The Morgan fingerprint density at radius 2 is 1.52 bits per heavy atom. The van der Waals surface area contributed by atoms with E-state index in [-0.39, 0.29) is 0 Å². The van der Waals surface area contributed by atoms with Crippen LogP contribution < -0.4 is 18.9 Å². The zero-order valence-electron chi connectivity index (χ0n) is 13.3. The fraction of sp³-hybridized carbons (Fsp3) is 0.235. The predicted molar refractivity (Wildman–Crippen MR) is 86.5 cm³/mol. The number of methoxy groups -OCH3 is 3. The van der Waals surface area contributed by atoms with Crippen molar-refractivity contribution in [3.05, 3.63) is 42.2 Å². The molecular weight excluding hydrogens is 296 g/mol. The van der Waals surface area contributed by atoms with Crippen LogP contribution in [-0.2, 0) is 6.61 Å². The van der Waals surface area contributed by atoms with Gasteiger partial charge >= 0.3 is 0 Å². The Balaban J connectivity index is 1.83. The summed E-state index contributed by atoms with van der Waals surface area (Å²) in [5.41, 5.74) is 1.66. The van der Waals surface area contributed by atoms with Crippen molar-refractivity contribution in [1.82, 2.24) is 9.97 Å². The standard InChI is InChI=1S/C17H18N2O4/c1-20-13-6-4-5-7-14(13)23-10-17-18-11-8-15(21-2)16(22-3)9-12(11)19-17/h4-9H,10H2,1-3H3,(H,18,19). The van der Waals surface area contributed by atoms with Crippen LogP contribution in [0, 0.1) is 0 Å². The van der Waals surface area contributed by atoms with Crippen LogP contribution in [0.4, 0.5) is 0 Å². The maximum atomic E-state index is 5.78. The van der Waals surface area contributed by atoms with E-state index >= 15 is 0 Å². The summed E-state index contributed by atoms with van der Waals surface area (Å²) in [4.78, 5) is 7.73. The molecule has 1 heterocycles. The first-order valence-corrected chi connectivity index (χ1v) is 7.11. The number of fused-ring (bicyclic) bond motifs is 1. The third kappa shape index (κ3) is 3.01. The normalized spacial score (nSPS) is 10.6. The van der Waals surface area contributed by atoms with Crippen molar-refractivity contribution in [2.24, 2.45) is 0 Å². The summed E-state index contributed by atoms with van der Waals surface area (Å²) in [6, 6.07) is 11.2. The number of rotatable bonds is 6. The van der Waals surface area contributed by atoms with Gasteiger partial charge in [0.05, 0.1) is 32.4 Å².